The summed E-state index contributed by atoms with van der Waals surface area (Å²) in [5.41, 5.74) is 2.34. The topological polar surface area (TPSA) is 62.1 Å². The normalized spacial score (nSPS) is 11.0. The molecule has 1 N–H and O–H groups in total. The van der Waals surface area contributed by atoms with Gasteiger partial charge in [0.15, 0.2) is 0 Å². The molecule has 0 aliphatic rings. The first-order chi connectivity index (χ1) is 15.0. The van der Waals surface area contributed by atoms with Crippen LogP contribution in [-0.2, 0) is 17.8 Å². The van der Waals surface area contributed by atoms with Crippen molar-refractivity contribution in [3.8, 4) is 11.8 Å². The molecule has 0 saturated heterocycles. The van der Waals surface area contributed by atoms with Crippen LogP contribution in [0.2, 0.25) is 5.02 Å². The van der Waals surface area contributed by atoms with Crippen molar-refractivity contribution >= 4 is 29.3 Å². The standard InChI is InChI=1S/C25H20ClFN2O2/c1-2-17-7-4-6-10-23(17)29-25(30)20(15-28)13-19-14-21(26)11-12-24(19)31-16-18-8-3-5-9-22(18)27/h3-14H,2,16H2,1H3,(H,29,30)/b20-13+. The molecule has 3 aromatic rings. The minimum atomic E-state index is -0.538. The fourth-order valence-electron chi connectivity index (χ4n) is 2.98. The van der Waals surface area contributed by atoms with Crippen molar-refractivity contribution in [2.45, 2.75) is 20.0 Å². The molecule has 0 fully saturated rings. The van der Waals surface area contributed by atoms with Crippen LogP contribution < -0.4 is 10.1 Å². The van der Waals surface area contributed by atoms with E-state index in [4.69, 9.17) is 16.3 Å². The van der Waals surface area contributed by atoms with Crippen molar-refractivity contribution in [2.24, 2.45) is 0 Å². The molecule has 156 valence electrons. The molecule has 0 aliphatic heterocycles. The summed E-state index contributed by atoms with van der Waals surface area (Å²) in [7, 11) is 0. The summed E-state index contributed by atoms with van der Waals surface area (Å²) < 4.78 is 19.6. The van der Waals surface area contributed by atoms with Crippen LogP contribution in [0.1, 0.15) is 23.6 Å². The van der Waals surface area contributed by atoms with Gasteiger partial charge in [0.05, 0.1) is 0 Å². The maximum absolute atomic E-state index is 13.9. The molecule has 0 saturated carbocycles. The van der Waals surface area contributed by atoms with Crippen LogP contribution in [0.25, 0.3) is 6.08 Å². The molecule has 0 radical (unpaired) electrons. The van der Waals surface area contributed by atoms with Gasteiger partial charge in [0.25, 0.3) is 5.91 Å². The molecule has 0 atom stereocenters. The molecule has 0 aromatic heterocycles. The van der Waals surface area contributed by atoms with Crippen molar-refractivity contribution in [3.05, 3.63) is 99.8 Å². The number of nitriles is 1. The smallest absolute Gasteiger partial charge is 0.266 e. The molecule has 31 heavy (non-hydrogen) atoms. The second-order valence-electron chi connectivity index (χ2n) is 6.70. The SMILES string of the molecule is CCc1ccccc1NC(=O)/C(C#N)=C/c1cc(Cl)ccc1OCc1ccccc1F. The highest BCUT2D eigenvalue weighted by molar-refractivity contribution is 6.30. The zero-order valence-corrected chi connectivity index (χ0v) is 17.6. The van der Waals surface area contributed by atoms with Gasteiger partial charge >= 0.3 is 0 Å². The lowest BCUT2D eigenvalue weighted by Crippen LogP contribution is -2.14. The number of ether oxygens (including phenoxy) is 1. The van der Waals surface area contributed by atoms with Gasteiger partial charge in [0.1, 0.15) is 29.8 Å². The first-order valence-electron chi connectivity index (χ1n) is 9.68. The number of aryl methyl sites for hydroxylation is 1. The first-order valence-corrected chi connectivity index (χ1v) is 10.1. The van der Waals surface area contributed by atoms with Gasteiger partial charge in [0.2, 0.25) is 0 Å². The third-order valence-corrected chi connectivity index (χ3v) is 4.86. The zero-order valence-electron chi connectivity index (χ0n) is 16.9. The fourth-order valence-corrected chi connectivity index (χ4v) is 3.16. The first kappa shape index (κ1) is 22.1. The molecule has 3 rings (SSSR count). The molecule has 4 nitrogen and oxygen atoms in total. The van der Waals surface area contributed by atoms with Crippen LogP contribution in [-0.4, -0.2) is 5.91 Å². The monoisotopic (exact) mass is 434 g/mol. The Kier molecular flexibility index (Phi) is 7.42. The molecule has 0 bridgehead atoms. The lowest BCUT2D eigenvalue weighted by molar-refractivity contribution is -0.112. The van der Waals surface area contributed by atoms with Crippen LogP contribution >= 0.6 is 11.6 Å². The summed E-state index contributed by atoms with van der Waals surface area (Å²) >= 11 is 6.11. The van der Waals surface area contributed by atoms with E-state index in [9.17, 15) is 14.4 Å². The number of anilines is 1. The maximum atomic E-state index is 13.9. The zero-order chi connectivity index (χ0) is 22.2. The van der Waals surface area contributed by atoms with E-state index in [1.165, 1.54) is 12.1 Å². The summed E-state index contributed by atoms with van der Waals surface area (Å²) in [4.78, 5) is 12.7. The van der Waals surface area contributed by atoms with Crippen molar-refractivity contribution < 1.29 is 13.9 Å². The van der Waals surface area contributed by atoms with Crippen LogP contribution in [0.15, 0.2) is 72.3 Å². The molecule has 0 aliphatic carbocycles. The number of nitrogens with zero attached hydrogens (tertiary/aromatic N) is 1. The number of amides is 1. The number of hydrogen-bond donors (Lipinski definition) is 1. The van der Waals surface area contributed by atoms with Crippen molar-refractivity contribution in [2.75, 3.05) is 5.32 Å². The number of benzene rings is 3. The van der Waals surface area contributed by atoms with Crippen molar-refractivity contribution in [1.29, 1.82) is 5.26 Å². The van der Waals surface area contributed by atoms with Gasteiger partial charge in [-0.2, -0.15) is 5.26 Å². The highest BCUT2D eigenvalue weighted by atomic mass is 35.5. The average molecular weight is 435 g/mol. The van der Waals surface area contributed by atoms with Gasteiger partial charge in [-0.1, -0.05) is 54.9 Å². The van der Waals surface area contributed by atoms with Crippen molar-refractivity contribution in [3.63, 3.8) is 0 Å². The Morgan fingerprint density at radius 2 is 1.84 bits per heavy atom. The lowest BCUT2D eigenvalue weighted by atomic mass is 10.1. The van der Waals surface area contributed by atoms with Crippen LogP contribution in [0.3, 0.4) is 0 Å². The van der Waals surface area contributed by atoms with E-state index in [1.807, 2.05) is 31.2 Å². The summed E-state index contributed by atoms with van der Waals surface area (Å²) in [6, 6.07) is 20.5. The Morgan fingerprint density at radius 1 is 1.13 bits per heavy atom. The molecule has 0 heterocycles. The van der Waals surface area contributed by atoms with Crippen molar-refractivity contribution in [1.82, 2.24) is 0 Å². The quantitative estimate of drug-likeness (QED) is 0.357. The van der Waals surface area contributed by atoms with Gasteiger partial charge in [-0.25, -0.2) is 4.39 Å². The van der Waals surface area contributed by atoms with Gasteiger partial charge in [-0.05, 0) is 48.4 Å². The number of para-hydroxylation sites is 1. The molecule has 0 unspecified atom stereocenters. The average Bonchev–Trinajstić information content (AvgIpc) is 2.78. The minimum Gasteiger partial charge on any atom is -0.488 e. The summed E-state index contributed by atoms with van der Waals surface area (Å²) in [6.45, 7) is 1.98. The number of halogens is 2. The Hall–Kier alpha value is -3.62. The molecule has 3 aromatic carbocycles. The van der Waals surface area contributed by atoms with Crippen LogP contribution in [0.5, 0.6) is 5.75 Å². The summed E-state index contributed by atoms with van der Waals surface area (Å²) in [5, 5.41) is 12.8. The number of hydrogen-bond acceptors (Lipinski definition) is 3. The summed E-state index contributed by atoms with van der Waals surface area (Å²) in [6.07, 6.45) is 2.15. The van der Waals surface area contributed by atoms with E-state index in [1.54, 1.807) is 42.5 Å². The second-order valence-corrected chi connectivity index (χ2v) is 7.13. The highest BCUT2D eigenvalue weighted by Crippen LogP contribution is 2.27. The number of rotatable bonds is 7. The molecule has 6 heteroatoms. The number of carbonyl (C=O) groups excluding carboxylic acids is 1. The van der Waals surface area contributed by atoms with Gasteiger partial charge in [-0.3, -0.25) is 4.79 Å². The van der Waals surface area contributed by atoms with E-state index in [2.05, 4.69) is 5.32 Å². The van der Waals surface area contributed by atoms with Gasteiger partial charge < -0.3 is 10.1 Å². The third kappa shape index (κ3) is 5.71. The number of nitrogens with one attached hydrogen (secondary N) is 1. The lowest BCUT2D eigenvalue weighted by Gasteiger charge is -2.12. The minimum absolute atomic E-state index is 0.00684. The van der Waals surface area contributed by atoms with Crippen LogP contribution in [0, 0.1) is 17.1 Å². The van der Waals surface area contributed by atoms with E-state index in [-0.39, 0.29) is 18.0 Å². The van der Waals surface area contributed by atoms with E-state index >= 15 is 0 Å². The van der Waals surface area contributed by atoms with E-state index < -0.39 is 5.91 Å². The van der Waals surface area contributed by atoms with Gasteiger partial charge in [-0.15, -0.1) is 0 Å². The van der Waals surface area contributed by atoms with Gasteiger partial charge in [0, 0.05) is 21.8 Å². The maximum Gasteiger partial charge on any atom is 0.266 e. The fraction of sp³-hybridized carbons (Fsp3) is 0.120. The molecule has 1 amide bonds. The molecular weight excluding hydrogens is 415 g/mol. The molecule has 0 spiro atoms. The summed E-state index contributed by atoms with van der Waals surface area (Å²) in [5.74, 6) is -0.536. The second kappa shape index (κ2) is 10.4. The Bertz CT molecular complexity index is 1170. The third-order valence-electron chi connectivity index (χ3n) is 4.62. The largest absolute Gasteiger partial charge is 0.488 e. The van der Waals surface area contributed by atoms with E-state index in [0.717, 1.165) is 12.0 Å². The Morgan fingerprint density at radius 3 is 2.55 bits per heavy atom. The Balaban J connectivity index is 1.86. The predicted molar refractivity (Wildman–Crippen MR) is 120 cm³/mol. The predicted octanol–water partition coefficient (Wildman–Crippen LogP) is 6.17. The number of carbonyl (C=O) groups is 1. The Labute approximate surface area is 185 Å². The van der Waals surface area contributed by atoms with E-state index in [0.29, 0.717) is 27.6 Å². The van der Waals surface area contributed by atoms with Crippen LogP contribution in [0.4, 0.5) is 10.1 Å². The highest BCUT2D eigenvalue weighted by Gasteiger charge is 2.14. The molecular formula is C25H20ClFN2O2.